The summed E-state index contributed by atoms with van der Waals surface area (Å²) in [6, 6.07) is 5.00. The minimum absolute atomic E-state index is 0.0519. The lowest BCUT2D eigenvalue weighted by Crippen LogP contribution is -2.29. The fourth-order valence-electron chi connectivity index (χ4n) is 3.48. The lowest BCUT2D eigenvalue weighted by atomic mass is 9.80. The molecule has 2 heterocycles. The van der Waals surface area contributed by atoms with Gasteiger partial charge in [0.2, 0.25) is 0 Å². The number of nitrogens with one attached hydrogen (secondary N) is 1. The molecule has 5 nitrogen and oxygen atoms in total. The van der Waals surface area contributed by atoms with Gasteiger partial charge in [-0.05, 0) is 38.3 Å². The summed E-state index contributed by atoms with van der Waals surface area (Å²) in [4.78, 5) is 23.5. The van der Waals surface area contributed by atoms with Crippen molar-refractivity contribution >= 4 is 0 Å². The minimum atomic E-state index is -4.22. The van der Waals surface area contributed by atoms with Crippen LogP contribution in [0.5, 0.6) is 0 Å². The number of nitriles is 1. The topological polar surface area (TPSA) is 82.4 Å². The van der Waals surface area contributed by atoms with E-state index in [1.165, 1.54) is 12.3 Å². The van der Waals surface area contributed by atoms with Gasteiger partial charge in [-0.25, -0.2) is 9.97 Å². The molecule has 0 aromatic carbocycles. The lowest BCUT2D eigenvalue weighted by molar-refractivity contribution is -0.183. The highest BCUT2D eigenvalue weighted by molar-refractivity contribution is 5.64. The van der Waals surface area contributed by atoms with Crippen molar-refractivity contribution in [1.82, 2.24) is 15.0 Å². The second kappa shape index (κ2) is 6.90. The molecule has 1 saturated carbocycles. The zero-order chi connectivity index (χ0) is 18.9. The molecule has 8 heteroatoms. The SMILES string of the molecule is Cc1nc(C2CCCC(C(F)(F)F)C2)[nH]c(=O)c1-c1ccc(C#N)nc1. The maximum atomic E-state index is 13.0. The number of rotatable bonds is 2. The molecule has 2 atom stereocenters. The summed E-state index contributed by atoms with van der Waals surface area (Å²) < 4.78 is 39.0. The molecule has 0 spiro atoms. The van der Waals surface area contributed by atoms with Gasteiger partial charge in [-0.3, -0.25) is 4.79 Å². The van der Waals surface area contributed by atoms with Crippen LogP contribution in [0.2, 0.25) is 0 Å². The van der Waals surface area contributed by atoms with Crippen LogP contribution in [0.4, 0.5) is 13.2 Å². The smallest absolute Gasteiger partial charge is 0.310 e. The minimum Gasteiger partial charge on any atom is -0.310 e. The van der Waals surface area contributed by atoms with Crippen LogP contribution in [0.25, 0.3) is 11.1 Å². The van der Waals surface area contributed by atoms with Crippen molar-refractivity contribution in [2.75, 3.05) is 0 Å². The van der Waals surface area contributed by atoms with Gasteiger partial charge in [0.05, 0.1) is 17.2 Å². The van der Waals surface area contributed by atoms with Gasteiger partial charge in [0.1, 0.15) is 17.6 Å². The van der Waals surface area contributed by atoms with E-state index in [1.807, 2.05) is 6.07 Å². The van der Waals surface area contributed by atoms with Crippen LogP contribution >= 0.6 is 0 Å². The van der Waals surface area contributed by atoms with Crippen LogP contribution in [0.15, 0.2) is 23.1 Å². The van der Waals surface area contributed by atoms with Crippen LogP contribution in [0.1, 0.15) is 48.8 Å². The highest BCUT2D eigenvalue weighted by Gasteiger charge is 2.42. The summed E-state index contributed by atoms with van der Waals surface area (Å²) in [6.45, 7) is 1.65. The van der Waals surface area contributed by atoms with E-state index in [-0.39, 0.29) is 18.5 Å². The molecule has 0 amide bonds. The van der Waals surface area contributed by atoms with E-state index in [0.717, 1.165) is 0 Å². The fraction of sp³-hybridized carbons (Fsp3) is 0.444. The number of alkyl halides is 3. The van der Waals surface area contributed by atoms with Crippen LogP contribution < -0.4 is 5.56 Å². The van der Waals surface area contributed by atoms with Crippen molar-refractivity contribution in [3.8, 4) is 17.2 Å². The Morgan fingerprint density at radius 1 is 1.31 bits per heavy atom. The summed E-state index contributed by atoms with van der Waals surface area (Å²) >= 11 is 0. The quantitative estimate of drug-likeness (QED) is 0.880. The molecule has 3 rings (SSSR count). The fourth-order valence-corrected chi connectivity index (χ4v) is 3.48. The third-order valence-electron chi connectivity index (χ3n) is 4.81. The van der Waals surface area contributed by atoms with Gasteiger partial charge in [-0.2, -0.15) is 18.4 Å². The summed E-state index contributed by atoms with van der Waals surface area (Å²) in [5.41, 5.74) is 1.08. The maximum absolute atomic E-state index is 13.0. The first-order chi connectivity index (χ1) is 12.3. The maximum Gasteiger partial charge on any atom is 0.391 e. The molecule has 0 radical (unpaired) electrons. The molecule has 2 aromatic rings. The van der Waals surface area contributed by atoms with Gasteiger partial charge in [0.15, 0.2) is 0 Å². The number of halogens is 3. The number of pyridine rings is 1. The number of hydrogen-bond acceptors (Lipinski definition) is 4. The van der Waals surface area contributed by atoms with E-state index in [4.69, 9.17) is 5.26 Å². The van der Waals surface area contributed by atoms with Gasteiger partial charge in [-0.1, -0.05) is 6.42 Å². The van der Waals surface area contributed by atoms with Gasteiger partial charge in [-0.15, -0.1) is 0 Å². The molecule has 0 saturated heterocycles. The summed E-state index contributed by atoms with van der Waals surface area (Å²) in [5.74, 6) is -1.45. The van der Waals surface area contributed by atoms with Crippen molar-refractivity contribution in [3.63, 3.8) is 0 Å². The third kappa shape index (κ3) is 3.62. The normalized spacial score (nSPS) is 20.6. The third-order valence-corrected chi connectivity index (χ3v) is 4.81. The molecule has 2 aromatic heterocycles. The van der Waals surface area contributed by atoms with E-state index in [9.17, 15) is 18.0 Å². The van der Waals surface area contributed by atoms with Crippen LogP contribution in [-0.2, 0) is 0 Å². The number of aromatic amines is 1. The summed E-state index contributed by atoms with van der Waals surface area (Å²) in [6.07, 6.45) is -1.70. The van der Waals surface area contributed by atoms with Gasteiger partial charge < -0.3 is 4.98 Å². The number of hydrogen-bond donors (Lipinski definition) is 1. The largest absolute Gasteiger partial charge is 0.391 e. The molecule has 0 aliphatic heterocycles. The molecular weight excluding hydrogens is 345 g/mol. The van der Waals surface area contributed by atoms with Gasteiger partial charge in [0.25, 0.3) is 5.56 Å². The Labute approximate surface area is 147 Å². The van der Waals surface area contributed by atoms with Crippen LogP contribution in [-0.4, -0.2) is 21.1 Å². The van der Waals surface area contributed by atoms with E-state index in [1.54, 1.807) is 13.0 Å². The second-order valence-corrected chi connectivity index (χ2v) is 6.56. The zero-order valence-electron chi connectivity index (χ0n) is 14.1. The van der Waals surface area contributed by atoms with Crippen molar-refractivity contribution in [3.05, 3.63) is 45.9 Å². The first kappa shape index (κ1) is 18.1. The predicted octanol–water partition coefficient (Wildman–Crippen LogP) is 3.85. The summed E-state index contributed by atoms with van der Waals surface area (Å²) in [5, 5.41) is 8.79. The Hall–Kier alpha value is -2.69. The molecular formula is C18H17F3N4O. The van der Waals surface area contributed by atoms with Gasteiger partial charge >= 0.3 is 6.18 Å². The Bertz CT molecular complexity index is 897. The van der Waals surface area contributed by atoms with Crippen molar-refractivity contribution in [2.45, 2.75) is 44.7 Å². The number of aryl methyl sites for hydroxylation is 1. The number of nitrogens with zero attached hydrogens (tertiary/aromatic N) is 3. The van der Waals surface area contributed by atoms with E-state index >= 15 is 0 Å². The molecule has 0 bridgehead atoms. The molecule has 1 N–H and O–H groups in total. The Morgan fingerprint density at radius 2 is 2.08 bits per heavy atom. The number of aromatic nitrogens is 3. The van der Waals surface area contributed by atoms with Crippen molar-refractivity contribution in [2.24, 2.45) is 5.92 Å². The molecule has 1 aliphatic carbocycles. The highest BCUT2D eigenvalue weighted by atomic mass is 19.4. The van der Waals surface area contributed by atoms with E-state index < -0.39 is 23.6 Å². The summed E-state index contributed by atoms with van der Waals surface area (Å²) in [7, 11) is 0. The van der Waals surface area contributed by atoms with Crippen LogP contribution in [0, 0.1) is 24.2 Å². The lowest BCUT2D eigenvalue weighted by Gasteiger charge is -2.30. The van der Waals surface area contributed by atoms with E-state index in [2.05, 4.69) is 15.0 Å². The average molecular weight is 362 g/mol. The van der Waals surface area contributed by atoms with Crippen molar-refractivity contribution < 1.29 is 13.2 Å². The monoisotopic (exact) mass is 362 g/mol. The van der Waals surface area contributed by atoms with Gasteiger partial charge in [0, 0.05) is 17.7 Å². The molecule has 1 fully saturated rings. The average Bonchev–Trinajstić information content (AvgIpc) is 2.61. The zero-order valence-corrected chi connectivity index (χ0v) is 14.1. The molecule has 136 valence electrons. The predicted molar refractivity (Wildman–Crippen MR) is 88.3 cm³/mol. The van der Waals surface area contributed by atoms with Crippen LogP contribution in [0.3, 0.4) is 0 Å². The second-order valence-electron chi connectivity index (χ2n) is 6.56. The first-order valence-corrected chi connectivity index (χ1v) is 8.33. The molecule has 26 heavy (non-hydrogen) atoms. The Kier molecular flexibility index (Phi) is 4.81. The first-order valence-electron chi connectivity index (χ1n) is 8.33. The standard InChI is InChI=1S/C18H17F3N4O/c1-10-15(12-5-6-14(8-22)23-9-12)17(26)25-16(24-10)11-3-2-4-13(7-11)18(19,20)21/h5-6,9,11,13H,2-4,7H2,1H3,(H,24,25,26). The van der Waals surface area contributed by atoms with E-state index in [0.29, 0.717) is 35.5 Å². The van der Waals surface area contributed by atoms with Crippen molar-refractivity contribution in [1.29, 1.82) is 5.26 Å². The Balaban J connectivity index is 1.92. The number of H-pyrrole nitrogens is 1. The molecule has 1 aliphatic rings. The highest BCUT2D eigenvalue weighted by Crippen LogP contribution is 2.42. The Morgan fingerprint density at radius 3 is 2.65 bits per heavy atom. The molecule has 2 unspecified atom stereocenters.